The molecule has 0 unspecified atom stereocenters. The Morgan fingerprint density at radius 1 is 1.20 bits per heavy atom. The molecule has 1 heterocycles. The molecular weight excluding hydrogens is 426 g/mol. The second-order valence-corrected chi connectivity index (χ2v) is 7.96. The van der Waals surface area contributed by atoms with E-state index in [1.807, 2.05) is 0 Å². The summed E-state index contributed by atoms with van der Waals surface area (Å²) in [5.74, 6) is -1.56. The first-order valence-corrected chi connectivity index (χ1v) is 10.2. The molecule has 0 spiro atoms. The molecule has 1 atom stereocenters. The van der Waals surface area contributed by atoms with E-state index in [9.17, 15) is 14.4 Å². The molecular formula is C21H18ClN3O4S. The van der Waals surface area contributed by atoms with Crippen molar-refractivity contribution >= 4 is 57.7 Å². The Morgan fingerprint density at radius 3 is 2.47 bits per heavy atom. The van der Waals surface area contributed by atoms with Crippen LogP contribution >= 0.6 is 23.4 Å². The lowest BCUT2D eigenvalue weighted by Crippen LogP contribution is -2.33. The van der Waals surface area contributed by atoms with Crippen LogP contribution < -0.4 is 5.32 Å². The molecule has 0 bridgehead atoms. The van der Waals surface area contributed by atoms with E-state index in [0.29, 0.717) is 21.6 Å². The first-order chi connectivity index (χ1) is 14.4. The van der Waals surface area contributed by atoms with Crippen molar-refractivity contribution in [3.05, 3.63) is 71.8 Å². The van der Waals surface area contributed by atoms with E-state index in [2.05, 4.69) is 16.9 Å². The Morgan fingerprint density at radius 2 is 1.87 bits per heavy atom. The highest BCUT2D eigenvalue weighted by Gasteiger charge is 2.38. The van der Waals surface area contributed by atoms with Gasteiger partial charge in [-0.2, -0.15) is 0 Å². The van der Waals surface area contributed by atoms with Crippen molar-refractivity contribution in [2.24, 2.45) is 4.99 Å². The number of halogens is 1. The third kappa shape index (κ3) is 5.28. The number of thioether (sulfide) groups is 1. The molecule has 1 aliphatic heterocycles. The zero-order valence-electron chi connectivity index (χ0n) is 15.7. The lowest BCUT2D eigenvalue weighted by molar-refractivity contribution is -0.127. The number of aliphatic imine (C=N–C) groups is 1. The average Bonchev–Trinajstić information content (AvgIpc) is 2.99. The summed E-state index contributed by atoms with van der Waals surface area (Å²) in [7, 11) is 0. The van der Waals surface area contributed by atoms with Gasteiger partial charge in [0.2, 0.25) is 11.8 Å². The smallest absolute Gasteiger partial charge is 0.335 e. The van der Waals surface area contributed by atoms with Gasteiger partial charge in [-0.15, -0.1) is 6.58 Å². The van der Waals surface area contributed by atoms with Crippen LogP contribution in [0, 0.1) is 0 Å². The molecule has 1 aliphatic rings. The number of rotatable bonds is 7. The maximum absolute atomic E-state index is 12.8. The van der Waals surface area contributed by atoms with Crippen LogP contribution in [0.1, 0.15) is 16.8 Å². The van der Waals surface area contributed by atoms with Crippen molar-refractivity contribution in [3.8, 4) is 0 Å². The summed E-state index contributed by atoms with van der Waals surface area (Å²) in [5, 5.41) is 12.1. The molecule has 2 N–H and O–H groups in total. The van der Waals surface area contributed by atoms with Gasteiger partial charge < -0.3 is 10.4 Å². The number of hydrogen-bond donors (Lipinski definition) is 2. The zero-order chi connectivity index (χ0) is 21.7. The van der Waals surface area contributed by atoms with Crippen molar-refractivity contribution < 1.29 is 19.5 Å². The lowest BCUT2D eigenvalue weighted by atomic mass is 10.2. The Labute approximate surface area is 182 Å². The summed E-state index contributed by atoms with van der Waals surface area (Å²) in [6, 6.07) is 12.7. The number of nitrogens with zero attached hydrogens (tertiary/aromatic N) is 2. The quantitative estimate of drug-likeness (QED) is 0.625. The minimum Gasteiger partial charge on any atom is -0.478 e. The number of amidine groups is 1. The van der Waals surface area contributed by atoms with Gasteiger partial charge in [-0.1, -0.05) is 29.4 Å². The SMILES string of the molecule is C=CCN1C(=O)[C@@H](CC(=O)Nc2ccc(Cl)cc2)SC1=Nc1ccc(C(=O)O)cc1. The second kappa shape index (κ2) is 9.60. The lowest BCUT2D eigenvalue weighted by Gasteiger charge is -2.13. The van der Waals surface area contributed by atoms with Gasteiger partial charge in [0.25, 0.3) is 0 Å². The maximum Gasteiger partial charge on any atom is 0.335 e. The summed E-state index contributed by atoms with van der Waals surface area (Å²) >= 11 is 7.03. The molecule has 2 aromatic carbocycles. The fourth-order valence-electron chi connectivity index (χ4n) is 2.72. The Hall–Kier alpha value is -3.10. The van der Waals surface area contributed by atoms with Gasteiger partial charge in [0.1, 0.15) is 5.25 Å². The van der Waals surface area contributed by atoms with Crippen LogP contribution in [0.2, 0.25) is 5.02 Å². The number of aromatic carboxylic acids is 1. The third-order valence-corrected chi connectivity index (χ3v) is 5.60. The van der Waals surface area contributed by atoms with Crippen molar-refractivity contribution in [2.75, 3.05) is 11.9 Å². The van der Waals surface area contributed by atoms with Gasteiger partial charge in [0.05, 0.1) is 11.3 Å². The monoisotopic (exact) mass is 443 g/mol. The second-order valence-electron chi connectivity index (χ2n) is 6.35. The number of amides is 2. The largest absolute Gasteiger partial charge is 0.478 e. The van der Waals surface area contributed by atoms with Crippen LogP contribution in [0.15, 0.2) is 66.2 Å². The van der Waals surface area contributed by atoms with Gasteiger partial charge in [-0.25, -0.2) is 9.79 Å². The van der Waals surface area contributed by atoms with Gasteiger partial charge in [0.15, 0.2) is 5.17 Å². The molecule has 7 nitrogen and oxygen atoms in total. The number of carboxylic acids is 1. The predicted molar refractivity (Wildman–Crippen MR) is 118 cm³/mol. The van der Waals surface area contributed by atoms with E-state index in [-0.39, 0.29) is 30.3 Å². The number of carbonyl (C=O) groups excluding carboxylic acids is 2. The van der Waals surface area contributed by atoms with E-state index in [4.69, 9.17) is 16.7 Å². The Kier molecular flexibility index (Phi) is 6.91. The minimum atomic E-state index is -1.03. The summed E-state index contributed by atoms with van der Waals surface area (Å²) in [6.45, 7) is 3.92. The first kappa shape index (κ1) is 21.6. The van der Waals surface area contributed by atoms with Crippen LogP contribution in [-0.4, -0.2) is 44.8 Å². The molecule has 154 valence electrons. The van der Waals surface area contributed by atoms with Crippen molar-refractivity contribution in [2.45, 2.75) is 11.7 Å². The molecule has 0 aliphatic carbocycles. The van der Waals surface area contributed by atoms with Gasteiger partial charge in [0, 0.05) is 23.7 Å². The average molecular weight is 444 g/mol. The summed E-state index contributed by atoms with van der Waals surface area (Å²) < 4.78 is 0. The van der Waals surface area contributed by atoms with Crippen LogP contribution in [-0.2, 0) is 9.59 Å². The van der Waals surface area contributed by atoms with Crippen molar-refractivity contribution in [1.82, 2.24) is 4.90 Å². The molecule has 3 rings (SSSR count). The highest BCUT2D eigenvalue weighted by molar-refractivity contribution is 8.15. The number of carboxylic acid groups (broad SMARTS) is 1. The van der Waals surface area contributed by atoms with E-state index in [1.165, 1.54) is 28.8 Å². The first-order valence-electron chi connectivity index (χ1n) is 8.94. The minimum absolute atomic E-state index is 0.0171. The summed E-state index contributed by atoms with van der Waals surface area (Å²) in [5.41, 5.74) is 1.25. The molecule has 1 fully saturated rings. The van der Waals surface area contributed by atoms with Crippen LogP contribution in [0.3, 0.4) is 0 Å². The molecule has 2 amide bonds. The fraction of sp³-hybridized carbons (Fsp3) is 0.143. The summed E-state index contributed by atoms with van der Waals surface area (Å²) in [4.78, 5) is 42.1. The van der Waals surface area contributed by atoms with Crippen LogP contribution in [0.5, 0.6) is 0 Å². The van der Waals surface area contributed by atoms with E-state index >= 15 is 0 Å². The number of hydrogen-bond acceptors (Lipinski definition) is 5. The number of nitrogens with one attached hydrogen (secondary N) is 1. The molecule has 2 aromatic rings. The Balaban J connectivity index is 1.73. The number of carbonyl (C=O) groups is 3. The van der Waals surface area contributed by atoms with Gasteiger partial charge in [-0.3, -0.25) is 14.5 Å². The van der Waals surface area contributed by atoms with Crippen molar-refractivity contribution in [3.63, 3.8) is 0 Å². The molecule has 30 heavy (non-hydrogen) atoms. The fourth-order valence-corrected chi connectivity index (χ4v) is 4.02. The molecule has 1 saturated heterocycles. The number of benzene rings is 2. The van der Waals surface area contributed by atoms with E-state index in [1.54, 1.807) is 42.5 Å². The van der Waals surface area contributed by atoms with Crippen LogP contribution in [0.4, 0.5) is 11.4 Å². The highest BCUT2D eigenvalue weighted by atomic mass is 35.5. The summed E-state index contributed by atoms with van der Waals surface area (Å²) in [6.07, 6.45) is 1.56. The van der Waals surface area contributed by atoms with E-state index in [0.717, 1.165) is 0 Å². The van der Waals surface area contributed by atoms with Crippen LogP contribution in [0.25, 0.3) is 0 Å². The standard InChI is InChI=1S/C21H18ClN3O4S/c1-2-11-25-19(27)17(12-18(26)23-15-9-5-14(22)6-10-15)30-21(25)24-16-7-3-13(4-8-16)20(28)29/h2-10,17H,1,11-12H2,(H,23,26)(H,28,29)/t17-/m1/s1. The highest BCUT2D eigenvalue weighted by Crippen LogP contribution is 2.32. The molecule has 0 aromatic heterocycles. The molecule has 0 saturated carbocycles. The topological polar surface area (TPSA) is 99.1 Å². The normalized spacial score (nSPS) is 17.2. The number of anilines is 1. The molecule has 9 heteroatoms. The van der Waals surface area contributed by atoms with Gasteiger partial charge in [-0.05, 0) is 48.5 Å². The maximum atomic E-state index is 12.8. The van der Waals surface area contributed by atoms with E-state index < -0.39 is 11.2 Å². The van der Waals surface area contributed by atoms with Crippen molar-refractivity contribution in [1.29, 1.82) is 0 Å². The van der Waals surface area contributed by atoms with Gasteiger partial charge >= 0.3 is 5.97 Å². The zero-order valence-corrected chi connectivity index (χ0v) is 17.3. The predicted octanol–water partition coefficient (Wildman–Crippen LogP) is 4.18. The molecule has 0 radical (unpaired) electrons. The third-order valence-electron chi connectivity index (χ3n) is 4.17. The Bertz CT molecular complexity index is 1010.